The van der Waals surface area contributed by atoms with Crippen molar-refractivity contribution < 1.29 is 18.8 Å². The van der Waals surface area contributed by atoms with E-state index in [1.165, 1.54) is 11.0 Å². The van der Waals surface area contributed by atoms with E-state index < -0.39 is 17.8 Å². The second-order valence-electron chi connectivity index (χ2n) is 8.84. The average molecular weight is 505 g/mol. The number of nitrogens with zero attached hydrogens (tertiary/aromatic N) is 3. The summed E-state index contributed by atoms with van der Waals surface area (Å²) in [4.78, 5) is 42.3. The summed E-state index contributed by atoms with van der Waals surface area (Å²) in [5.74, 6) is -1.62. The molecule has 0 radical (unpaired) electrons. The number of nitrogens with one attached hydrogen (secondary N) is 1. The average Bonchev–Trinajstić information content (AvgIpc) is 3.12. The van der Waals surface area contributed by atoms with Crippen LogP contribution in [0.2, 0.25) is 10.0 Å². The van der Waals surface area contributed by atoms with Crippen molar-refractivity contribution in [3.63, 3.8) is 0 Å². The largest absolute Gasteiger partial charge is 0.368 e. The molecule has 3 aliphatic heterocycles. The molecule has 10 heteroatoms. The van der Waals surface area contributed by atoms with Gasteiger partial charge in [-0.25, -0.2) is 4.39 Å². The van der Waals surface area contributed by atoms with Crippen molar-refractivity contribution >= 4 is 46.6 Å². The lowest BCUT2D eigenvalue weighted by Crippen LogP contribution is -2.52. The van der Waals surface area contributed by atoms with Gasteiger partial charge in [0.05, 0.1) is 15.7 Å². The second kappa shape index (κ2) is 9.17. The Hall–Kier alpha value is -2.68. The molecule has 0 bridgehead atoms. The lowest BCUT2D eigenvalue weighted by Gasteiger charge is -2.36. The summed E-state index contributed by atoms with van der Waals surface area (Å²) in [5.41, 5.74) is 2.40. The number of benzene rings is 2. The third-order valence-electron chi connectivity index (χ3n) is 6.73. The summed E-state index contributed by atoms with van der Waals surface area (Å²) in [6.45, 7) is 3.56. The first-order chi connectivity index (χ1) is 16.3. The smallest absolute Gasteiger partial charge is 0.255 e. The number of anilines is 1. The molecular formula is C24H23Cl2FN4O3. The Labute approximate surface area is 206 Å². The summed E-state index contributed by atoms with van der Waals surface area (Å²) in [7, 11) is 0. The Morgan fingerprint density at radius 1 is 1.06 bits per heavy atom. The number of imide groups is 1. The number of carbonyl (C=O) groups is 3. The minimum absolute atomic E-state index is 0.183. The van der Waals surface area contributed by atoms with Crippen LogP contribution in [-0.2, 0) is 22.7 Å². The first-order valence-corrected chi connectivity index (χ1v) is 11.9. The Balaban J connectivity index is 1.26. The van der Waals surface area contributed by atoms with Gasteiger partial charge in [-0.3, -0.25) is 24.6 Å². The standard InChI is InChI=1S/C24H23Cl2FN4O3/c25-17-2-1-3-19(22(17)26)30-8-6-29(7-9-30)12-15-10-14-13-31(24(34)16(14)11-18(15)27)20-4-5-21(32)28-23(20)33/h1-3,10-11,20H,4-9,12-13H2,(H,28,32,33). The molecule has 3 amide bonds. The van der Waals surface area contributed by atoms with E-state index in [-0.39, 0.29) is 36.8 Å². The maximum Gasteiger partial charge on any atom is 0.255 e. The van der Waals surface area contributed by atoms with Crippen LogP contribution < -0.4 is 10.2 Å². The number of piperidine rings is 1. The van der Waals surface area contributed by atoms with Crippen molar-refractivity contribution in [3.8, 4) is 0 Å². The molecular weight excluding hydrogens is 482 g/mol. The van der Waals surface area contributed by atoms with E-state index in [0.29, 0.717) is 27.7 Å². The van der Waals surface area contributed by atoms with Crippen LogP contribution >= 0.6 is 23.2 Å². The van der Waals surface area contributed by atoms with Crippen molar-refractivity contribution in [2.45, 2.75) is 32.0 Å². The highest BCUT2D eigenvalue weighted by Crippen LogP contribution is 2.33. The van der Waals surface area contributed by atoms with Gasteiger partial charge in [-0.05, 0) is 36.2 Å². The van der Waals surface area contributed by atoms with Gasteiger partial charge in [0.15, 0.2) is 0 Å². The molecule has 0 saturated carbocycles. The third kappa shape index (κ3) is 4.26. The van der Waals surface area contributed by atoms with Gasteiger partial charge < -0.3 is 9.80 Å². The molecule has 0 spiro atoms. The van der Waals surface area contributed by atoms with E-state index in [9.17, 15) is 18.8 Å². The highest BCUT2D eigenvalue weighted by molar-refractivity contribution is 6.43. The molecule has 34 heavy (non-hydrogen) atoms. The van der Waals surface area contributed by atoms with Gasteiger partial charge in [-0.15, -0.1) is 0 Å². The molecule has 1 atom stereocenters. The van der Waals surface area contributed by atoms with Crippen molar-refractivity contribution in [2.24, 2.45) is 0 Å². The zero-order valence-corrected chi connectivity index (χ0v) is 19.8. The van der Waals surface area contributed by atoms with Crippen LogP contribution in [0.4, 0.5) is 10.1 Å². The topological polar surface area (TPSA) is 73.0 Å². The minimum Gasteiger partial charge on any atom is -0.368 e. The second-order valence-corrected chi connectivity index (χ2v) is 9.62. The van der Waals surface area contributed by atoms with Crippen LogP contribution in [0.3, 0.4) is 0 Å². The number of halogens is 3. The molecule has 0 aromatic heterocycles. The number of piperazine rings is 1. The number of amides is 3. The van der Waals surface area contributed by atoms with E-state index in [4.69, 9.17) is 23.2 Å². The molecule has 2 aromatic rings. The number of hydrogen-bond acceptors (Lipinski definition) is 5. The quantitative estimate of drug-likeness (QED) is 0.647. The molecule has 5 rings (SSSR count). The van der Waals surface area contributed by atoms with E-state index in [2.05, 4.69) is 15.1 Å². The fourth-order valence-electron chi connectivity index (χ4n) is 4.89. The number of carbonyl (C=O) groups excluding carboxylic acids is 3. The number of fused-ring (bicyclic) bond motifs is 1. The maximum atomic E-state index is 14.9. The Morgan fingerprint density at radius 3 is 2.56 bits per heavy atom. The van der Waals surface area contributed by atoms with E-state index in [0.717, 1.165) is 31.9 Å². The van der Waals surface area contributed by atoms with Gasteiger partial charge in [0, 0.05) is 56.8 Å². The molecule has 1 N–H and O–H groups in total. The predicted octanol–water partition coefficient (Wildman–Crippen LogP) is 3.22. The van der Waals surface area contributed by atoms with Gasteiger partial charge in [-0.1, -0.05) is 29.3 Å². The van der Waals surface area contributed by atoms with Gasteiger partial charge in [0.25, 0.3) is 5.91 Å². The fraction of sp³-hybridized carbons (Fsp3) is 0.375. The van der Waals surface area contributed by atoms with Crippen LogP contribution in [0.5, 0.6) is 0 Å². The van der Waals surface area contributed by atoms with Crippen LogP contribution in [0.25, 0.3) is 0 Å². The summed E-state index contributed by atoms with van der Waals surface area (Å²) in [6, 6.07) is 7.86. The third-order valence-corrected chi connectivity index (χ3v) is 7.54. The first-order valence-electron chi connectivity index (χ1n) is 11.2. The maximum absolute atomic E-state index is 14.9. The lowest BCUT2D eigenvalue weighted by atomic mass is 10.0. The molecule has 2 saturated heterocycles. The van der Waals surface area contributed by atoms with Gasteiger partial charge in [0.1, 0.15) is 11.9 Å². The van der Waals surface area contributed by atoms with Crippen molar-refractivity contribution in [2.75, 3.05) is 31.1 Å². The monoisotopic (exact) mass is 504 g/mol. The summed E-state index contributed by atoms with van der Waals surface area (Å²) in [5, 5.41) is 3.33. The van der Waals surface area contributed by atoms with Crippen molar-refractivity contribution in [1.82, 2.24) is 15.1 Å². The molecule has 1 unspecified atom stereocenters. The molecule has 3 aliphatic rings. The zero-order valence-electron chi connectivity index (χ0n) is 18.3. The Kier molecular flexibility index (Phi) is 6.22. The highest BCUT2D eigenvalue weighted by atomic mass is 35.5. The van der Waals surface area contributed by atoms with Crippen molar-refractivity contribution in [3.05, 3.63) is 62.9 Å². The van der Waals surface area contributed by atoms with Gasteiger partial charge in [-0.2, -0.15) is 0 Å². The lowest BCUT2D eigenvalue weighted by molar-refractivity contribution is -0.136. The van der Waals surface area contributed by atoms with E-state index >= 15 is 0 Å². The van der Waals surface area contributed by atoms with Crippen LogP contribution in [0, 0.1) is 5.82 Å². The molecule has 0 aliphatic carbocycles. The SMILES string of the molecule is O=C1CCC(N2Cc3cc(CN4CCN(c5cccc(Cl)c5Cl)CC4)c(F)cc3C2=O)C(=O)N1. The highest BCUT2D eigenvalue weighted by Gasteiger charge is 2.39. The summed E-state index contributed by atoms with van der Waals surface area (Å²) < 4.78 is 14.9. The Bertz CT molecular complexity index is 1180. The van der Waals surface area contributed by atoms with Crippen LogP contribution in [0.1, 0.15) is 34.3 Å². The van der Waals surface area contributed by atoms with Gasteiger partial charge >= 0.3 is 0 Å². The van der Waals surface area contributed by atoms with Crippen LogP contribution in [0.15, 0.2) is 30.3 Å². The molecule has 2 aromatic carbocycles. The number of rotatable bonds is 4. The molecule has 3 heterocycles. The predicted molar refractivity (Wildman–Crippen MR) is 126 cm³/mol. The fourth-order valence-corrected chi connectivity index (χ4v) is 5.30. The molecule has 178 valence electrons. The first kappa shape index (κ1) is 23.1. The van der Waals surface area contributed by atoms with Crippen molar-refractivity contribution in [1.29, 1.82) is 0 Å². The summed E-state index contributed by atoms with van der Waals surface area (Å²) >= 11 is 12.5. The molecule has 2 fully saturated rings. The van der Waals surface area contributed by atoms with Gasteiger partial charge in [0.2, 0.25) is 11.8 Å². The van der Waals surface area contributed by atoms with E-state index in [1.54, 1.807) is 12.1 Å². The number of hydrogen-bond donors (Lipinski definition) is 1. The molecule has 7 nitrogen and oxygen atoms in total. The minimum atomic E-state index is -0.712. The van der Waals surface area contributed by atoms with Crippen LogP contribution in [-0.4, -0.2) is 59.7 Å². The normalized spacial score (nSPS) is 21.1. The summed E-state index contributed by atoms with van der Waals surface area (Å²) in [6.07, 6.45) is 0.461. The zero-order chi connectivity index (χ0) is 24.0. The van der Waals surface area contributed by atoms with E-state index in [1.807, 2.05) is 12.1 Å². The Morgan fingerprint density at radius 2 is 1.82 bits per heavy atom.